The predicted octanol–water partition coefficient (Wildman–Crippen LogP) is 4.42. The third-order valence-corrected chi connectivity index (χ3v) is 5.82. The van der Waals surface area contributed by atoms with Crippen molar-refractivity contribution in [1.82, 2.24) is 9.88 Å². The molecule has 0 spiro atoms. The number of hydrogen-bond acceptors (Lipinski definition) is 5. The highest BCUT2D eigenvalue weighted by Crippen LogP contribution is 2.33. The number of nitrogens with zero attached hydrogens (tertiary/aromatic N) is 2. The summed E-state index contributed by atoms with van der Waals surface area (Å²) in [7, 11) is 3.16. The van der Waals surface area contributed by atoms with E-state index in [2.05, 4.69) is 17.4 Å². The molecule has 7 heteroatoms. The summed E-state index contributed by atoms with van der Waals surface area (Å²) in [5, 5.41) is 3.95. The van der Waals surface area contributed by atoms with Gasteiger partial charge in [-0.05, 0) is 12.1 Å². The maximum absolute atomic E-state index is 12.8. The number of urea groups is 1. The number of carbonyl (C=O) groups is 1. The van der Waals surface area contributed by atoms with E-state index in [0.29, 0.717) is 30.3 Å². The number of amides is 2. The number of thiazole rings is 1. The molecule has 1 aromatic heterocycles. The molecule has 0 bridgehead atoms. The highest BCUT2D eigenvalue weighted by atomic mass is 32.1. The van der Waals surface area contributed by atoms with Crippen LogP contribution in [-0.4, -0.2) is 36.7 Å². The predicted molar refractivity (Wildman–Crippen MR) is 110 cm³/mol. The van der Waals surface area contributed by atoms with Gasteiger partial charge in [0, 0.05) is 29.5 Å². The van der Waals surface area contributed by atoms with E-state index in [4.69, 9.17) is 14.5 Å². The Morgan fingerprint density at radius 2 is 1.96 bits per heavy atom. The van der Waals surface area contributed by atoms with Crippen LogP contribution in [0, 0.1) is 0 Å². The van der Waals surface area contributed by atoms with Crippen molar-refractivity contribution < 1.29 is 14.3 Å². The lowest BCUT2D eigenvalue weighted by Gasteiger charge is -2.26. The summed E-state index contributed by atoms with van der Waals surface area (Å²) < 4.78 is 10.6. The van der Waals surface area contributed by atoms with Crippen molar-refractivity contribution in [2.24, 2.45) is 0 Å². The Kier molecular flexibility index (Phi) is 5.16. The molecule has 1 aliphatic rings. The van der Waals surface area contributed by atoms with Crippen LogP contribution in [0.3, 0.4) is 0 Å². The first-order valence-corrected chi connectivity index (χ1v) is 9.81. The Bertz CT molecular complexity index is 988. The maximum atomic E-state index is 12.8. The van der Waals surface area contributed by atoms with E-state index in [-0.39, 0.29) is 6.03 Å². The third-order valence-electron chi connectivity index (χ3n) is 4.69. The summed E-state index contributed by atoms with van der Waals surface area (Å²) >= 11 is 1.65. The van der Waals surface area contributed by atoms with Crippen LogP contribution in [0.15, 0.2) is 48.5 Å². The molecule has 2 aromatic carbocycles. The minimum atomic E-state index is -0.149. The van der Waals surface area contributed by atoms with Crippen LogP contribution in [0.25, 0.3) is 10.6 Å². The first kappa shape index (κ1) is 18.3. The zero-order valence-corrected chi connectivity index (χ0v) is 16.6. The smallest absolute Gasteiger partial charge is 0.322 e. The van der Waals surface area contributed by atoms with Gasteiger partial charge in [0.25, 0.3) is 0 Å². The number of fused-ring (bicyclic) bond motifs is 1. The van der Waals surface area contributed by atoms with E-state index in [1.165, 1.54) is 0 Å². The third kappa shape index (κ3) is 3.66. The summed E-state index contributed by atoms with van der Waals surface area (Å²) in [6.07, 6.45) is 0.756. The largest absolute Gasteiger partial charge is 0.497 e. The van der Waals surface area contributed by atoms with Crippen LogP contribution in [0.2, 0.25) is 0 Å². The average Bonchev–Trinajstić information content (AvgIpc) is 3.18. The van der Waals surface area contributed by atoms with Crippen molar-refractivity contribution in [1.29, 1.82) is 0 Å². The summed E-state index contributed by atoms with van der Waals surface area (Å²) in [6.45, 7) is 1.19. The van der Waals surface area contributed by atoms with Gasteiger partial charge in [-0.3, -0.25) is 0 Å². The molecule has 28 heavy (non-hydrogen) atoms. The topological polar surface area (TPSA) is 63.7 Å². The molecule has 2 heterocycles. The summed E-state index contributed by atoms with van der Waals surface area (Å²) in [5.74, 6) is 1.24. The van der Waals surface area contributed by atoms with E-state index in [0.717, 1.165) is 27.6 Å². The molecule has 1 aliphatic heterocycles. The van der Waals surface area contributed by atoms with E-state index < -0.39 is 0 Å². The lowest BCUT2D eigenvalue weighted by Crippen LogP contribution is -2.38. The van der Waals surface area contributed by atoms with Crippen molar-refractivity contribution in [2.45, 2.75) is 13.0 Å². The van der Waals surface area contributed by atoms with Crippen molar-refractivity contribution in [3.8, 4) is 22.1 Å². The van der Waals surface area contributed by atoms with Gasteiger partial charge in [-0.1, -0.05) is 30.3 Å². The maximum Gasteiger partial charge on any atom is 0.322 e. The normalized spacial score (nSPS) is 13.0. The number of nitrogens with one attached hydrogen (secondary N) is 1. The van der Waals surface area contributed by atoms with Gasteiger partial charge < -0.3 is 19.7 Å². The van der Waals surface area contributed by atoms with Crippen LogP contribution in [0.1, 0.15) is 10.6 Å². The van der Waals surface area contributed by atoms with Crippen LogP contribution >= 0.6 is 11.3 Å². The Morgan fingerprint density at radius 1 is 1.14 bits per heavy atom. The van der Waals surface area contributed by atoms with Crippen LogP contribution in [0.5, 0.6) is 11.5 Å². The van der Waals surface area contributed by atoms with Gasteiger partial charge >= 0.3 is 6.03 Å². The number of carbonyl (C=O) groups excluding carboxylic acids is 1. The summed E-state index contributed by atoms with van der Waals surface area (Å²) in [5.41, 5.74) is 2.82. The molecule has 0 aliphatic carbocycles. The zero-order valence-electron chi connectivity index (χ0n) is 15.8. The second kappa shape index (κ2) is 7.90. The second-order valence-electron chi connectivity index (χ2n) is 6.42. The molecule has 0 radical (unpaired) electrons. The van der Waals surface area contributed by atoms with Crippen molar-refractivity contribution in [2.75, 3.05) is 26.1 Å². The Hall–Kier alpha value is -3.06. The standard InChI is InChI=1S/C21H21N3O3S/c1-26-15-8-9-16(18(12-15)27-2)23-21(25)24-11-10-17-19(13-24)28-20(22-17)14-6-4-3-5-7-14/h3-9,12H,10-11,13H2,1-2H3,(H,23,25). The highest BCUT2D eigenvalue weighted by molar-refractivity contribution is 7.15. The Balaban J connectivity index is 1.49. The molecule has 3 aromatic rings. The lowest BCUT2D eigenvalue weighted by atomic mass is 10.2. The van der Waals surface area contributed by atoms with Crippen molar-refractivity contribution >= 4 is 23.1 Å². The fourth-order valence-electron chi connectivity index (χ4n) is 3.17. The van der Waals surface area contributed by atoms with Gasteiger partial charge in [-0.15, -0.1) is 11.3 Å². The minimum Gasteiger partial charge on any atom is -0.497 e. The molecule has 0 saturated carbocycles. The number of benzene rings is 2. The fraction of sp³-hybridized carbons (Fsp3) is 0.238. The average molecular weight is 395 g/mol. The van der Waals surface area contributed by atoms with Crippen LogP contribution in [-0.2, 0) is 13.0 Å². The first-order valence-electron chi connectivity index (χ1n) is 9.00. The first-order chi connectivity index (χ1) is 13.7. The molecule has 2 amide bonds. The van der Waals surface area contributed by atoms with Crippen molar-refractivity contribution in [3.63, 3.8) is 0 Å². The number of hydrogen-bond donors (Lipinski definition) is 1. The molecule has 0 fully saturated rings. The van der Waals surface area contributed by atoms with Crippen molar-refractivity contribution in [3.05, 3.63) is 59.1 Å². The Labute approximate surface area is 167 Å². The number of aromatic nitrogens is 1. The summed E-state index contributed by atoms with van der Waals surface area (Å²) in [6, 6.07) is 15.3. The SMILES string of the molecule is COc1ccc(NC(=O)N2CCc3nc(-c4ccccc4)sc3C2)c(OC)c1. The molecular formula is C21H21N3O3S. The van der Waals surface area contributed by atoms with Gasteiger partial charge in [0.05, 0.1) is 32.1 Å². The minimum absolute atomic E-state index is 0.149. The monoisotopic (exact) mass is 395 g/mol. The van der Waals surface area contributed by atoms with E-state index >= 15 is 0 Å². The quantitative estimate of drug-likeness (QED) is 0.710. The van der Waals surface area contributed by atoms with Crippen LogP contribution in [0.4, 0.5) is 10.5 Å². The van der Waals surface area contributed by atoms with Gasteiger partial charge in [-0.2, -0.15) is 0 Å². The molecule has 0 atom stereocenters. The molecule has 6 nitrogen and oxygen atoms in total. The van der Waals surface area contributed by atoms with Gasteiger partial charge in [0.2, 0.25) is 0 Å². The molecule has 0 saturated heterocycles. The number of ether oxygens (including phenoxy) is 2. The summed E-state index contributed by atoms with van der Waals surface area (Å²) in [4.78, 5) is 20.5. The van der Waals surface area contributed by atoms with Gasteiger partial charge in [0.1, 0.15) is 16.5 Å². The van der Waals surface area contributed by atoms with Gasteiger partial charge in [0.15, 0.2) is 0 Å². The Morgan fingerprint density at radius 3 is 2.71 bits per heavy atom. The zero-order chi connectivity index (χ0) is 19.5. The number of methoxy groups -OCH3 is 2. The highest BCUT2D eigenvalue weighted by Gasteiger charge is 2.25. The fourth-order valence-corrected chi connectivity index (χ4v) is 4.30. The number of anilines is 1. The number of rotatable bonds is 4. The molecular weight excluding hydrogens is 374 g/mol. The second-order valence-corrected chi connectivity index (χ2v) is 7.51. The molecule has 4 rings (SSSR count). The van der Waals surface area contributed by atoms with E-state index in [1.807, 2.05) is 18.2 Å². The van der Waals surface area contributed by atoms with E-state index in [1.54, 1.807) is 48.7 Å². The molecule has 144 valence electrons. The molecule has 0 unspecified atom stereocenters. The van der Waals surface area contributed by atoms with Gasteiger partial charge in [-0.25, -0.2) is 9.78 Å². The van der Waals surface area contributed by atoms with Crippen LogP contribution < -0.4 is 14.8 Å². The lowest BCUT2D eigenvalue weighted by molar-refractivity contribution is 0.206. The van der Waals surface area contributed by atoms with E-state index in [9.17, 15) is 4.79 Å². The molecule has 1 N–H and O–H groups in total.